The number of carboxylic acids is 2. The summed E-state index contributed by atoms with van der Waals surface area (Å²) in [5.74, 6) is -3.75. The van der Waals surface area contributed by atoms with Crippen LogP contribution in [0, 0.1) is 0 Å². The predicted octanol–water partition coefficient (Wildman–Crippen LogP) is -0.780. The number of amides is 2. The Hall–Kier alpha value is -2.03. The van der Waals surface area contributed by atoms with Crippen molar-refractivity contribution in [3.63, 3.8) is 0 Å². The summed E-state index contributed by atoms with van der Waals surface area (Å²) >= 11 is 1.12. The summed E-state index contributed by atoms with van der Waals surface area (Å²) in [6.07, 6.45) is 0.211. The van der Waals surface area contributed by atoms with Crippen molar-refractivity contribution in [2.45, 2.75) is 24.8 Å². The Balaban J connectivity index is 2.28. The van der Waals surface area contributed by atoms with Crippen LogP contribution in [0.4, 0.5) is 0 Å². The molecule has 0 saturated carbocycles. The lowest BCUT2D eigenvalue weighted by molar-refractivity contribution is -0.151. The highest BCUT2D eigenvalue weighted by molar-refractivity contribution is 8.00. The molecule has 2 aliphatic heterocycles. The van der Waals surface area contributed by atoms with Crippen molar-refractivity contribution in [3.05, 3.63) is 11.3 Å². The number of nitrogens with one attached hydrogen (secondary N) is 1. The SMILES string of the molecule is CCC(=O)NC1C(=O)N2C(C(=O)O)=C(C(=O)O)CS[C@@H]12. The van der Waals surface area contributed by atoms with E-state index in [9.17, 15) is 19.2 Å². The Morgan fingerprint density at radius 2 is 2.00 bits per heavy atom. The molecule has 0 spiro atoms. The van der Waals surface area contributed by atoms with E-state index in [-0.39, 0.29) is 23.7 Å². The van der Waals surface area contributed by atoms with E-state index < -0.39 is 35.0 Å². The molecule has 9 heteroatoms. The van der Waals surface area contributed by atoms with Gasteiger partial charge < -0.3 is 15.5 Å². The molecule has 2 rings (SSSR count). The number of hydrogen-bond donors (Lipinski definition) is 3. The largest absolute Gasteiger partial charge is 0.478 e. The van der Waals surface area contributed by atoms with Crippen LogP contribution in [0.3, 0.4) is 0 Å². The Labute approximate surface area is 117 Å². The molecule has 0 radical (unpaired) electrons. The van der Waals surface area contributed by atoms with E-state index in [1.165, 1.54) is 0 Å². The Kier molecular flexibility index (Phi) is 3.71. The van der Waals surface area contributed by atoms with Crippen molar-refractivity contribution in [2.24, 2.45) is 0 Å². The third kappa shape index (κ3) is 2.13. The maximum atomic E-state index is 11.9. The second-order valence-electron chi connectivity index (χ2n) is 4.25. The molecule has 0 aliphatic carbocycles. The Bertz CT molecular complexity index is 543. The van der Waals surface area contributed by atoms with Crippen LogP contribution in [-0.4, -0.2) is 56.0 Å². The predicted molar refractivity (Wildman–Crippen MR) is 67.6 cm³/mol. The molecule has 108 valence electrons. The van der Waals surface area contributed by atoms with Gasteiger partial charge in [0.05, 0.1) is 5.57 Å². The Morgan fingerprint density at radius 3 is 2.50 bits per heavy atom. The third-order valence-electron chi connectivity index (χ3n) is 3.07. The molecular formula is C11H12N2O6S. The van der Waals surface area contributed by atoms with Gasteiger partial charge in [0.25, 0.3) is 5.91 Å². The zero-order valence-electron chi connectivity index (χ0n) is 10.5. The number of rotatable bonds is 4. The van der Waals surface area contributed by atoms with Crippen molar-refractivity contribution in [2.75, 3.05) is 5.75 Å². The number of β-lactam (4-membered cyclic amide) rings is 1. The van der Waals surface area contributed by atoms with E-state index >= 15 is 0 Å². The lowest BCUT2D eigenvalue weighted by Gasteiger charge is -2.48. The van der Waals surface area contributed by atoms with Crippen LogP contribution in [0.25, 0.3) is 0 Å². The molecule has 2 atom stereocenters. The molecule has 8 nitrogen and oxygen atoms in total. The van der Waals surface area contributed by atoms with Crippen molar-refractivity contribution in [1.29, 1.82) is 0 Å². The minimum Gasteiger partial charge on any atom is -0.478 e. The van der Waals surface area contributed by atoms with Crippen molar-refractivity contribution in [1.82, 2.24) is 10.2 Å². The summed E-state index contributed by atoms with van der Waals surface area (Å²) in [6, 6.07) is -0.794. The van der Waals surface area contributed by atoms with Gasteiger partial charge in [0.1, 0.15) is 17.1 Å². The van der Waals surface area contributed by atoms with E-state index in [4.69, 9.17) is 10.2 Å². The first-order chi connectivity index (χ1) is 9.38. The van der Waals surface area contributed by atoms with Crippen LogP contribution >= 0.6 is 11.8 Å². The summed E-state index contributed by atoms with van der Waals surface area (Å²) < 4.78 is 0. The van der Waals surface area contributed by atoms with Gasteiger partial charge in [-0.1, -0.05) is 6.92 Å². The highest BCUT2D eigenvalue weighted by Crippen LogP contribution is 2.40. The van der Waals surface area contributed by atoms with E-state index in [2.05, 4.69) is 5.32 Å². The summed E-state index contributed by atoms with van der Waals surface area (Å²) in [5, 5.41) is 20.0. The van der Waals surface area contributed by atoms with Crippen molar-refractivity contribution >= 4 is 35.5 Å². The number of carbonyl (C=O) groups excluding carboxylic acids is 2. The summed E-state index contributed by atoms with van der Waals surface area (Å²) in [5.41, 5.74) is -0.819. The van der Waals surface area contributed by atoms with Gasteiger partial charge in [0.15, 0.2) is 0 Å². The molecule has 1 unspecified atom stereocenters. The lowest BCUT2D eigenvalue weighted by Crippen LogP contribution is -2.70. The van der Waals surface area contributed by atoms with Crippen LogP contribution in [0.15, 0.2) is 11.3 Å². The smallest absolute Gasteiger partial charge is 0.353 e. The number of thioether (sulfide) groups is 1. The first-order valence-electron chi connectivity index (χ1n) is 5.82. The molecule has 1 saturated heterocycles. The van der Waals surface area contributed by atoms with Gasteiger partial charge in [-0.05, 0) is 0 Å². The first kappa shape index (κ1) is 14.4. The van der Waals surface area contributed by atoms with Gasteiger partial charge in [-0.3, -0.25) is 14.5 Å². The maximum absolute atomic E-state index is 11.9. The lowest BCUT2D eigenvalue weighted by atomic mass is 10.0. The van der Waals surface area contributed by atoms with Gasteiger partial charge in [-0.2, -0.15) is 0 Å². The fraction of sp³-hybridized carbons (Fsp3) is 0.455. The minimum atomic E-state index is -1.46. The van der Waals surface area contributed by atoms with Crippen LogP contribution in [0.5, 0.6) is 0 Å². The van der Waals surface area contributed by atoms with E-state index in [1.807, 2.05) is 0 Å². The zero-order valence-corrected chi connectivity index (χ0v) is 11.3. The van der Waals surface area contributed by atoms with Crippen LogP contribution in [0.1, 0.15) is 13.3 Å². The molecule has 1 fully saturated rings. The quantitative estimate of drug-likeness (QED) is 0.582. The summed E-state index contributed by atoms with van der Waals surface area (Å²) in [6.45, 7) is 1.63. The number of hydrogen-bond acceptors (Lipinski definition) is 5. The molecule has 0 aromatic heterocycles. The second-order valence-corrected chi connectivity index (χ2v) is 5.35. The molecule has 2 aliphatic rings. The minimum absolute atomic E-state index is 0.0239. The summed E-state index contributed by atoms with van der Waals surface area (Å²) in [4.78, 5) is 46.4. The van der Waals surface area contributed by atoms with Crippen LogP contribution in [0.2, 0.25) is 0 Å². The fourth-order valence-electron chi connectivity index (χ4n) is 2.06. The molecule has 20 heavy (non-hydrogen) atoms. The number of carboxylic acid groups (broad SMARTS) is 2. The molecule has 0 bridgehead atoms. The van der Waals surface area contributed by atoms with Crippen molar-refractivity contribution < 1.29 is 29.4 Å². The highest BCUT2D eigenvalue weighted by Gasteiger charge is 2.54. The molecule has 2 heterocycles. The number of nitrogens with zero attached hydrogens (tertiary/aromatic N) is 1. The zero-order chi connectivity index (χ0) is 15.0. The molecular weight excluding hydrogens is 288 g/mol. The second kappa shape index (κ2) is 5.16. The van der Waals surface area contributed by atoms with Gasteiger partial charge >= 0.3 is 11.9 Å². The van der Waals surface area contributed by atoms with E-state index in [1.54, 1.807) is 6.92 Å². The standard InChI is InChI=1S/C11H12N2O6S/c1-2-5(14)12-6-8(15)13-7(11(18)19)4(10(16)17)3-20-9(6)13/h6,9H,2-3H2,1H3,(H,12,14)(H,16,17)(H,18,19)/t6?,9-/m0/s1. The number of carbonyl (C=O) groups is 4. The molecule has 3 N–H and O–H groups in total. The molecule has 0 aromatic carbocycles. The van der Waals surface area contributed by atoms with Gasteiger partial charge in [-0.25, -0.2) is 9.59 Å². The first-order valence-corrected chi connectivity index (χ1v) is 6.87. The third-order valence-corrected chi connectivity index (χ3v) is 4.35. The van der Waals surface area contributed by atoms with E-state index in [0.29, 0.717) is 0 Å². The van der Waals surface area contributed by atoms with Gasteiger partial charge in [0.2, 0.25) is 5.91 Å². The Morgan fingerprint density at radius 1 is 1.35 bits per heavy atom. The molecule has 0 aromatic rings. The highest BCUT2D eigenvalue weighted by atomic mass is 32.2. The topological polar surface area (TPSA) is 124 Å². The normalized spacial score (nSPS) is 24.9. The monoisotopic (exact) mass is 300 g/mol. The maximum Gasteiger partial charge on any atom is 0.353 e. The number of aliphatic carboxylic acids is 2. The van der Waals surface area contributed by atoms with Crippen LogP contribution in [-0.2, 0) is 19.2 Å². The van der Waals surface area contributed by atoms with Gasteiger partial charge in [0, 0.05) is 12.2 Å². The summed E-state index contributed by atoms with van der Waals surface area (Å²) in [7, 11) is 0. The molecule has 2 amide bonds. The fourth-order valence-corrected chi connectivity index (χ4v) is 3.39. The van der Waals surface area contributed by atoms with E-state index in [0.717, 1.165) is 16.7 Å². The average molecular weight is 300 g/mol. The number of fused-ring (bicyclic) bond motifs is 1. The van der Waals surface area contributed by atoms with Crippen molar-refractivity contribution in [3.8, 4) is 0 Å². The van der Waals surface area contributed by atoms with Crippen LogP contribution < -0.4 is 5.32 Å². The average Bonchev–Trinajstić information content (AvgIpc) is 2.42. The van der Waals surface area contributed by atoms with Gasteiger partial charge in [-0.15, -0.1) is 11.8 Å².